The summed E-state index contributed by atoms with van der Waals surface area (Å²) in [7, 11) is -1.22. The second-order valence-corrected chi connectivity index (χ2v) is 6.86. The number of benzene rings is 1. The molecule has 1 aromatic carbocycles. The van der Waals surface area contributed by atoms with E-state index >= 15 is 0 Å². The molecule has 5 heteroatoms. The zero-order valence-corrected chi connectivity index (χ0v) is 9.60. The van der Waals surface area contributed by atoms with Crippen LogP contribution in [0.4, 0.5) is 5.69 Å². The highest BCUT2D eigenvalue weighted by Crippen LogP contribution is 2.43. The molecule has 2 rings (SSSR count). The molecule has 1 heterocycles. The van der Waals surface area contributed by atoms with E-state index < -0.39 is 14.5 Å². The monoisotopic (exact) mass is 229 g/mol. The van der Waals surface area contributed by atoms with Gasteiger partial charge in [-0.3, -0.25) is 0 Å². The molecule has 0 spiro atoms. The number of hydrogen-bond donors (Lipinski definition) is 0. The summed E-state index contributed by atoms with van der Waals surface area (Å²) in [4.78, 5) is 2.83. The summed E-state index contributed by atoms with van der Waals surface area (Å²) in [5.74, 6) is 0. The lowest BCUT2D eigenvalue weighted by Crippen LogP contribution is -2.31. The van der Waals surface area contributed by atoms with Crippen molar-refractivity contribution >= 4 is 27.3 Å². The minimum atomic E-state index is -3.03. The lowest BCUT2D eigenvalue weighted by molar-refractivity contribution is 0.598. The Bertz CT molecular complexity index is 456. The molecule has 1 atom stereocenters. The number of sulfone groups is 1. The molecule has 0 fully saturated rings. The van der Waals surface area contributed by atoms with Crippen LogP contribution in [0.1, 0.15) is 0 Å². The van der Waals surface area contributed by atoms with Crippen molar-refractivity contribution in [3.05, 3.63) is 24.3 Å². The third kappa shape index (κ3) is 1.50. The summed E-state index contributed by atoms with van der Waals surface area (Å²) >= 11 is 1.39. The van der Waals surface area contributed by atoms with E-state index in [0.29, 0.717) is 0 Å². The number of thioether (sulfide) groups is 1. The Hall–Kier alpha value is -0.680. The highest BCUT2D eigenvalue weighted by molar-refractivity contribution is 8.13. The van der Waals surface area contributed by atoms with E-state index in [2.05, 4.69) is 0 Å². The highest BCUT2D eigenvalue weighted by atomic mass is 32.3. The summed E-state index contributed by atoms with van der Waals surface area (Å²) in [5, 5.41) is 0. The van der Waals surface area contributed by atoms with Crippen molar-refractivity contribution < 1.29 is 8.42 Å². The Kier molecular flexibility index (Phi) is 2.23. The first kappa shape index (κ1) is 9.86. The van der Waals surface area contributed by atoms with Crippen LogP contribution in [0.25, 0.3) is 0 Å². The fourth-order valence-electron chi connectivity index (χ4n) is 1.52. The van der Waals surface area contributed by atoms with Crippen molar-refractivity contribution in [1.29, 1.82) is 0 Å². The highest BCUT2D eigenvalue weighted by Gasteiger charge is 2.34. The summed E-state index contributed by atoms with van der Waals surface area (Å²) in [5.41, 5.74) is 0.993. The molecule has 1 aliphatic rings. The Balaban J connectivity index is 2.44. The minimum absolute atomic E-state index is 0.472. The largest absolute Gasteiger partial charge is 0.349 e. The molecule has 1 unspecified atom stereocenters. The minimum Gasteiger partial charge on any atom is -0.349 e. The van der Waals surface area contributed by atoms with Crippen molar-refractivity contribution in [2.75, 3.05) is 18.2 Å². The molecule has 0 amide bonds. The molecule has 0 radical (unpaired) electrons. The quantitative estimate of drug-likeness (QED) is 0.732. The maximum Gasteiger partial charge on any atom is 0.182 e. The van der Waals surface area contributed by atoms with Crippen molar-refractivity contribution in [3.63, 3.8) is 0 Å². The SMILES string of the molecule is CN1c2ccccc2SC1S(C)(=O)=O. The number of rotatable bonds is 1. The maximum atomic E-state index is 11.4. The molecule has 3 nitrogen and oxygen atoms in total. The fraction of sp³-hybridized carbons (Fsp3) is 0.333. The van der Waals surface area contributed by atoms with Crippen LogP contribution >= 0.6 is 11.8 Å². The van der Waals surface area contributed by atoms with E-state index in [1.165, 1.54) is 18.0 Å². The van der Waals surface area contributed by atoms with Gasteiger partial charge < -0.3 is 4.90 Å². The topological polar surface area (TPSA) is 37.4 Å². The number of para-hydroxylation sites is 1. The summed E-state index contributed by atoms with van der Waals surface area (Å²) in [6.45, 7) is 0. The van der Waals surface area contributed by atoms with E-state index in [0.717, 1.165) is 10.6 Å². The van der Waals surface area contributed by atoms with Gasteiger partial charge in [0.2, 0.25) is 0 Å². The van der Waals surface area contributed by atoms with E-state index in [-0.39, 0.29) is 0 Å². The van der Waals surface area contributed by atoms with Gasteiger partial charge in [0.1, 0.15) is 0 Å². The van der Waals surface area contributed by atoms with Crippen LogP contribution in [-0.2, 0) is 9.84 Å². The smallest absolute Gasteiger partial charge is 0.182 e. The fourth-order valence-corrected chi connectivity index (χ4v) is 4.20. The summed E-state index contributed by atoms with van der Waals surface area (Å²) in [6, 6.07) is 7.72. The van der Waals surface area contributed by atoms with Crippen LogP contribution in [-0.4, -0.2) is 26.4 Å². The molecular formula is C9H11NO2S2. The van der Waals surface area contributed by atoms with Crippen LogP contribution in [0.15, 0.2) is 29.2 Å². The molecule has 0 aliphatic carbocycles. The predicted octanol–water partition coefficient (Wildman–Crippen LogP) is 1.56. The van der Waals surface area contributed by atoms with Crippen molar-refractivity contribution in [2.45, 2.75) is 9.60 Å². The first-order chi connectivity index (χ1) is 6.50. The van der Waals surface area contributed by atoms with Gasteiger partial charge in [0.15, 0.2) is 14.5 Å². The lowest BCUT2D eigenvalue weighted by atomic mass is 10.3. The average molecular weight is 229 g/mol. The molecule has 76 valence electrons. The van der Waals surface area contributed by atoms with Gasteiger partial charge in [-0.25, -0.2) is 8.42 Å². The average Bonchev–Trinajstić information content (AvgIpc) is 2.44. The zero-order valence-electron chi connectivity index (χ0n) is 7.97. The predicted molar refractivity (Wildman–Crippen MR) is 59.3 cm³/mol. The van der Waals surface area contributed by atoms with Gasteiger partial charge in [-0.15, -0.1) is 0 Å². The first-order valence-electron chi connectivity index (χ1n) is 4.17. The number of nitrogens with zero attached hydrogens (tertiary/aromatic N) is 1. The standard InChI is InChI=1S/C9H11NO2S2/c1-10-7-5-3-4-6-8(7)13-9(10)14(2,11)12/h3-6,9H,1-2H3. The molecule has 1 aliphatic heterocycles. The summed E-state index contributed by atoms with van der Waals surface area (Å²) < 4.78 is 22.4. The van der Waals surface area contributed by atoms with Crippen molar-refractivity contribution in [1.82, 2.24) is 0 Å². The van der Waals surface area contributed by atoms with Gasteiger partial charge in [-0.2, -0.15) is 0 Å². The van der Waals surface area contributed by atoms with Gasteiger partial charge in [0.25, 0.3) is 0 Å². The molecule has 0 saturated carbocycles. The van der Waals surface area contributed by atoms with Crippen molar-refractivity contribution in [2.24, 2.45) is 0 Å². The second kappa shape index (κ2) is 3.17. The molecule has 0 bridgehead atoms. The molecule has 0 saturated heterocycles. The molecule has 0 aromatic heterocycles. The number of anilines is 1. The first-order valence-corrected chi connectivity index (χ1v) is 7.01. The Morgan fingerprint density at radius 2 is 2.00 bits per heavy atom. The van der Waals surface area contributed by atoms with Gasteiger partial charge in [0.05, 0.1) is 5.69 Å². The molecular weight excluding hydrogens is 218 g/mol. The van der Waals surface area contributed by atoms with E-state index in [4.69, 9.17) is 0 Å². The molecule has 0 N–H and O–H groups in total. The Labute approximate surface area is 88.0 Å². The normalized spacial score (nSPS) is 21.0. The van der Waals surface area contributed by atoms with Crippen molar-refractivity contribution in [3.8, 4) is 0 Å². The van der Waals surface area contributed by atoms with Crippen LogP contribution in [0, 0.1) is 0 Å². The Morgan fingerprint density at radius 1 is 1.36 bits per heavy atom. The van der Waals surface area contributed by atoms with Gasteiger partial charge in [0, 0.05) is 18.2 Å². The van der Waals surface area contributed by atoms with Crippen LogP contribution in [0.5, 0.6) is 0 Å². The molecule has 14 heavy (non-hydrogen) atoms. The molecule has 1 aromatic rings. The third-order valence-corrected chi connectivity index (χ3v) is 5.66. The van der Waals surface area contributed by atoms with E-state index in [1.54, 1.807) is 4.90 Å². The summed E-state index contributed by atoms with van der Waals surface area (Å²) in [6.07, 6.45) is 1.27. The third-order valence-electron chi connectivity index (χ3n) is 2.16. The Morgan fingerprint density at radius 3 is 2.57 bits per heavy atom. The number of hydrogen-bond acceptors (Lipinski definition) is 4. The van der Waals surface area contributed by atoms with E-state index in [9.17, 15) is 8.42 Å². The zero-order chi connectivity index (χ0) is 10.3. The van der Waals surface area contributed by atoms with Crippen LogP contribution in [0.2, 0.25) is 0 Å². The van der Waals surface area contributed by atoms with Crippen LogP contribution in [0.3, 0.4) is 0 Å². The van der Waals surface area contributed by atoms with E-state index in [1.807, 2.05) is 31.3 Å². The van der Waals surface area contributed by atoms with Gasteiger partial charge >= 0.3 is 0 Å². The van der Waals surface area contributed by atoms with Gasteiger partial charge in [-0.1, -0.05) is 23.9 Å². The number of fused-ring (bicyclic) bond motifs is 1. The van der Waals surface area contributed by atoms with Gasteiger partial charge in [-0.05, 0) is 12.1 Å². The lowest BCUT2D eigenvalue weighted by Gasteiger charge is -2.19. The maximum absolute atomic E-state index is 11.4. The second-order valence-electron chi connectivity index (χ2n) is 3.33. The van der Waals surface area contributed by atoms with Crippen LogP contribution < -0.4 is 4.90 Å².